The van der Waals surface area contributed by atoms with Crippen LogP contribution in [0.4, 0.5) is 17.2 Å². The van der Waals surface area contributed by atoms with Gasteiger partial charge in [-0.1, -0.05) is 17.7 Å². The van der Waals surface area contributed by atoms with Gasteiger partial charge in [-0.3, -0.25) is 9.59 Å². The van der Waals surface area contributed by atoms with E-state index in [4.69, 9.17) is 11.6 Å². The van der Waals surface area contributed by atoms with Gasteiger partial charge in [0, 0.05) is 11.3 Å². The maximum absolute atomic E-state index is 12.4. The van der Waals surface area contributed by atoms with E-state index in [1.165, 1.54) is 6.92 Å². The molecule has 0 aliphatic heterocycles. The Kier molecular flexibility index (Phi) is 5.70. The Balaban J connectivity index is 1.70. The van der Waals surface area contributed by atoms with Gasteiger partial charge in [0.15, 0.2) is 17.3 Å². The van der Waals surface area contributed by atoms with Crippen molar-refractivity contribution in [3.05, 3.63) is 75.9 Å². The molecule has 0 atom stereocenters. The second kappa shape index (κ2) is 8.19. The maximum atomic E-state index is 12.4. The molecule has 0 unspecified atom stereocenters. The molecule has 2 N–H and O–H groups in total. The SMILES string of the molecule is CC(=O)c1ccc(Nc2ccc(C(=O)Nc3c(C)cc(C)cc3Cl)nn2)cc1. The Morgan fingerprint density at radius 1 is 0.964 bits per heavy atom. The first-order chi connectivity index (χ1) is 13.3. The normalized spacial score (nSPS) is 10.4. The summed E-state index contributed by atoms with van der Waals surface area (Å²) in [6.45, 7) is 5.34. The van der Waals surface area contributed by atoms with Crippen LogP contribution in [0.2, 0.25) is 5.02 Å². The Bertz CT molecular complexity index is 1010. The lowest BCUT2D eigenvalue weighted by molar-refractivity contribution is 0.101. The number of carbonyl (C=O) groups excluding carboxylic acids is 2. The highest BCUT2D eigenvalue weighted by molar-refractivity contribution is 6.34. The summed E-state index contributed by atoms with van der Waals surface area (Å²) >= 11 is 6.23. The molecule has 3 rings (SSSR count). The van der Waals surface area contributed by atoms with Crippen LogP contribution in [-0.2, 0) is 0 Å². The van der Waals surface area contributed by atoms with Gasteiger partial charge in [0.05, 0.1) is 10.7 Å². The van der Waals surface area contributed by atoms with E-state index >= 15 is 0 Å². The molecule has 0 radical (unpaired) electrons. The monoisotopic (exact) mass is 394 g/mol. The number of benzene rings is 2. The number of nitrogens with one attached hydrogen (secondary N) is 2. The van der Waals surface area contributed by atoms with Crippen molar-refractivity contribution >= 4 is 40.5 Å². The molecule has 1 aromatic heterocycles. The molecule has 0 saturated heterocycles. The second-order valence-corrected chi connectivity index (χ2v) is 6.86. The molecule has 0 saturated carbocycles. The van der Waals surface area contributed by atoms with Gasteiger partial charge in [-0.2, -0.15) is 0 Å². The summed E-state index contributed by atoms with van der Waals surface area (Å²) in [6.07, 6.45) is 0. The molecule has 28 heavy (non-hydrogen) atoms. The molecule has 0 aliphatic rings. The number of hydrogen-bond acceptors (Lipinski definition) is 5. The van der Waals surface area contributed by atoms with Crippen molar-refractivity contribution in [2.24, 2.45) is 0 Å². The molecule has 0 bridgehead atoms. The minimum absolute atomic E-state index is 0.00521. The van der Waals surface area contributed by atoms with E-state index in [1.54, 1.807) is 42.5 Å². The number of ketones is 1. The Morgan fingerprint density at radius 2 is 1.68 bits per heavy atom. The maximum Gasteiger partial charge on any atom is 0.276 e. The van der Waals surface area contributed by atoms with E-state index in [9.17, 15) is 9.59 Å². The highest BCUT2D eigenvalue weighted by Gasteiger charge is 2.13. The van der Waals surface area contributed by atoms with E-state index in [0.29, 0.717) is 22.1 Å². The minimum Gasteiger partial charge on any atom is -0.339 e. The molecule has 0 aliphatic carbocycles. The molecule has 1 amide bonds. The zero-order valence-corrected chi connectivity index (χ0v) is 16.5. The number of rotatable bonds is 5. The molecule has 6 nitrogen and oxygen atoms in total. The third-order valence-corrected chi connectivity index (χ3v) is 4.43. The van der Waals surface area contributed by atoms with Crippen LogP contribution in [0, 0.1) is 13.8 Å². The molecule has 2 aromatic carbocycles. The van der Waals surface area contributed by atoms with Crippen LogP contribution < -0.4 is 10.6 Å². The number of halogens is 1. The molecular weight excluding hydrogens is 376 g/mol. The highest BCUT2D eigenvalue weighted by atomic mass is 35.5. The highest BCUT2D eigenvalue weighted by Crippen LogP contribution is 2.27. The van der Waals surface area contributed by atoms with E-state index in [0.717, 1.165) is 16.8 Å². The molecular formula is C21H19ClN4O2. The van der Waals surface area contributed by atoms with Gasteiger partial charge in [-0.15, -0.1) is 10.2 Å². The average molecular weight is 395 g/mol. The predicted molar refractivity (Wildman–Crippen MR) is 111 cm³/mol. The van der Waals surface area contributed by atoms with Crippen molar-refractivity contribution in [1.29, 1.82) is 0 Å². The van der Waals surface area contributed by atoms with Gasteiger partial charge in [0.2, 0.25) is 0 Å². The fourth-order valence-electron chi connectivity index (χ4n) is 2.71. The van der Waals surface area contributed by atoms with Gasteiger partial charge < -0.3 is 10.6 Å². The molecule has 0 spiro atoms. The fourth-order valence-corrected chi connectivity index (χ4v) is 3.08. The van der Waals surface area contributed by atoms with Crippen LogP contribution in [0.3, 0.4) is 0 Å². The van der Waals surface area contributed by atoms with Crippen LogP contribution in [0.5, 0.6) is 0 Å². The number of carbonyl (C=O) groups is 2. The predicted octanol–water partition coefficient (Wildman–Crippen LogP) is 4.95. The number of aromatic nitrogens is 2. The number of nitrogens with zero attached hydrogens (tertiary/aromatic N) is 2. The second-order valence-electron chi connectivity index (χ2n) is 6.46. The van der Waals surface area contributed by atoms with Crippen LogP contribution in [0.25, 0.3) is 0 Å². The van der Waals surface area contributed by atoms with Crippen molar-refractivity contribution in [2.75, 3.05) is 10.6 Å². The third kappa shape index (κ3) is 4.53. The van der Waals surface area contributed by atoms with Crippen molar-refractivity contribution < 1.29 is 9.59 Å². The van der Waals surface area contributed by atoms with Gasteiger partial charge in [-0.05, 0) is 74.4 Å². The topological polar surface area (TPSA) is 84.0 Å². The zero-order valence-electron chi connectivity index (χ0n) is 15.7. The lowest BCUT2D eigenvalue weighted by Gasteiger charge is -2.11. The van der Waals surface area contributed by atoms with Crippen molar-refractivity contribution in [3.63, 3.8) is 0 Å². The van der Waals surface area contributed by atoms with E-state index < -0.39 is 5.91 Å². The standard InChI is InChI=1S/C21H19ClN4O2/c1-12-10-13(2)20(17(22)11-12)24-21(28)18-8-9-19(26-25-18)23-16-6-4-15(5-7-16)14(3)27/h4-11H,1-3H3,(H,23,26)(H,24,28). The number of Topliss-reactive ketones (excluding diaryl/α,β-unsaturated/α-hetero) is 1. The molecule has 1 heterocycles. The van der Waals surface area contributed by atoms with Gasteiger partial charge in [-0.25, -0.2) is 0 Å². The lowest BCUT2D eigenvalue weighted by atomic mass is 10.1. The average Bonchev–Trinajstić information content (AvgIpc) is 2.65. The fraction of sp³-hybridized carbons (Fsp3) is 0.143. The molecule has 3 aromatic rings. The summed E-state index contributed by atoms with van der Waals surface area (Å²) in [7, 11) is 0. The van der Waals surface area contributed by atoms with Crippen LogP contribution in [0.1, 0.15) is 38.9 Å². The van der Waals surface area contributed by atoms with E-state index in [1.807, 2.05) is 19.9 Å². The first-order valence-electron chi connectivity index (χ1n) is 8.63. The van der Waals surface area contributed by atoms with Gasteiger partial charge in [0.1, 0.15) is 0 Å². The van der Waals surface area contributed by atoms with Crippen molar-refractivity contribution in [2.45, 2.75) is 20.8 Å². The minimum atomic E-state index is -0.390. The number of hydrogen-bond donors (Lipinski definition) is 2. The Hall–Kier alpha value is -3.25. The smallest absolute Gasteiger partial charge is 0.276 e. The number of anilines is 3. The number of amides is 1. The molecule has 142 valence electrons. The van der Waals surface area contributed by atoms with E-state index in [2.05, 4.69) is 20.8 Å². The van der Waals surface area contributed by atoms with Crippen LogP contribution in [-0.4, -0.2) is 21.9 Å². The third-order valence-electron chi connectivity index (χ3n) is 4.13. The van der Waals surface area contributed by atoms with Crippen LogP contribution in [0.15, 0.2) is 48.5 Å². The summed E-state index contributed by atoms with van der Waals surface area (Å²) < 4.78 is 0. The first-order valence-corrected chi connectivity index (χ1v) is 9.01. The summed E-state index contributed by atoms with van der Waals surface area (Å²) in [5.41, 5.74) is 4.03. The Labute approximate surface area is 168 Å². The van der Waals surface area contributed by atoms with Gasteiger partial charge >= 0.3 is 0 Å². The van der Waals surface area contributed by atoms with E-state index in [-0.39, 0.29) is 11.5 Å². The summed E-state index contributed by atoms with van der Waals surface area (Å²) in [5, 5.41) is 14.3. The zero-order chi connectivity index (χ0) is 20.3. The Morgan fingerprint density at radius 3 is 2.25 bits per heavy atom. The summed E-state index contributed by atoms with van der Waals surface area (Å²) in [5.74, 6) is 0.0982. The summed E-state index contributed by atoms with van der Waals surface area (Å²) in [4.78, 5) is 23.8. The van der Waals surface area contributed by atoms with Crippen LogP contribution >= 0.6 is 11.6 Å². The lowest BCUT2D eigenvalue weighted by Crippen LogP contribution is -2.15. The van der Waals surface area contributed by atoms with Crippen molar-refractivity contribution in [1.82, 2.24) is 10.2 Å². The first kappa shape index (κ1) is 19.5. The largest absolute Gasteiger partial charge is 0.339 e. The van der Waals surface area contributed by atoms with Gasteiger partial charge in [0.25, 0.3) is 5.91 Å². The molecule has 0 fully saturated rings. The quantitative estimate of drug-likeness (QED) is 0.598. The number of aryl methyl sites for hydroxylation is 2. The summed E-state index contributed by atoms with van der Waals surface area (Å²) in [6, 6.07) is 14.0. The van der Waals surface area contributed by atoms with Crippen molar-refractivity contribution in [3.8, 4) is 0 Å². The molecule has 7 heteroatoms.